The smallest absolute Gasteiger partial charge is 0.293 e. The highest BCUT2D eigenvalue weighted by molar-refractivity contribution is 9.10. The fraction of sp³-hybridized carbons (Fsp3) is 0.238. The molecule has 0 bridgehead atoms. The molecule has 5 nitrogen and oxygen atoms in total. The molecule has 7 heteroatoms. The summed E-state index contributed by atoms with van der Waals surface area (Å²) in [5.74, 6) is -0.247. The lowest BCUT2D eigenvalue weighted by Crippen LogP contribution is -2.36. The number of rotatable bonds is 4. The second-order valence-corrected chi connectivity index (χ2v) is 8.40. The number of benzene rings is 2. The van der Waals surface area contributed by atoms with Crippen molar-refractivity contribution in [1.29, 1.82) is 0 Å². The topological polar surface area (TPSA) is 49.9 Å². The molecule has 2 saturated heterocycles. The van der Waals surface area contributed by atoms with E-state index in [1.54, 1.807) is 6.08 Å². The predicted molar refractivity (Wildman–Crippen MR) is 115 cm³/mol. The molecule has 0 N–H and O–H groups in total. The second kappa shape index (κ2) is 8.51. The van der Waals surface area contributed by atoms with E-state index in [1.165, 1.54) is 4.90 Å². The van der Waals surface area contributed by atoms with Gasteiger partial charge in [0.15, 0.2) is 0 Å². The van der Waals surface area contributed by atoms with Gasteiger partial charge in [0.1, 0.15) is 0 Å². The first-order valence-electron chi connectivity index (χ1n) is 9.03. The van der Waals surface area contributed by atoms with Crippen LogP contribution in [0.1, 0.15) is 11.1 Å². The van der Waals surface area contributed by atoms with Gasteiger partial charge in [-0.25, -0.2) is 0 Å². The van der Waals surface area contributed by atoms with E-state index in [9.17, 15) is 9.59 Å². The maximum absolute atomic E-state index is 12.7. The third kappa shape index (κ3) is 4.16. The number of hydrogen-bond donors (Lipinski definition) is 0. The Hall–Kier alpha value is -2.09. The van der Waals surface area contributed by atoms with Gasteiger partial charge in [-0.1, -0.05) is 46.3 Å². The largest absolute Gasteiger partial charge is 0.378 e. The van der Waals surface area contributed by atoms with E-state index in [4.69, 9.17) is 4.74 Å². The molecule has 4 rings (SSSR count). The van der Waals surface area contributed by atoms with Crippen LogP contribution in [0.25, 0.3) is 6.08 Å². The van der Waals surface area contributed by atoms with Crippen molar-refractivity contribution in [1.82, 2.24) is 4.90 Å². The van der Waals surface area contributed by atoms with Crippen molar-refractivity contribution < 1.29 is 14.3 Å². The molecule has 2 aliphatic rings. The zero-order valence-corrected chi connectivity index (χ0v) is 17.5. The Bertz CT molecular complexity index is 924. The summed E-state index contributed by atoms with van der Waals surface area (Å²) < 4.78 is 6.27. The standard InChI is InChI=1S/C21H19BrN2O3S/c22-18-4-2-1-3-16(18)14-24-20(25)19(28-21(24)26)13-15-5-7-17(8-6-15)23-9-11-27-12-10-23/h1-8,13H,9-12,14H2/b19-13+. The summed E-state index contributed by atoms with van der Waals surface area (Å²) in [5.41, 5.74) is 2.95. The predicted octanol–water partition coefficient (Wildman–Crippen LogP) is 4.52. The molecule has 2 aromatic rings. The fourth-order valence-corrected chi connectivity index (χ4v) is 4.44. The molecule has 0 unspecified atom stereocenters. The fourth-order valence-electron chi connectivity index (χ4n) is 3.19. The molecule has 0 aromatic heterocycles. The van der Waals surface area contributed by atoms with Crippen LogP contribution < -0.4 is 4.90 Å². The van der Waals surface area contributed by atoms with Crippen LogP contribution in [0.4, 0.5) is 10.5 Å². The maximum atomic E-state index is 12.7. The van der Waals surface area contributed by atoms with Gasteiger partial charge in [-0.2, -0.15) is 0 Å². The molecule has 28 heavy (non-hydrogen) atoms. The molecule has 2 heterocycles. The third-order valence-corrected chi connectivity index (χ3v) is 6.41. The van der Waals surface area contributed by atoms with Crippen LogP contribution in [0.15, 0.2) is 57.9 Å². The van der Waals surface area contributed by atoms with E-state index >= 15 is 0 Å². The molecule has 2 aromatic carbocycles. The van der Waals surface area contributed by atoms with E-state index in [0.717, 1.165) is 59.4 Å². The van der Waals surface area contributed by atoms with Crippen molar-refractivity contribution in [3.63, 3.8) is 0 Å². The maximum Gasteiger partial charge on any atom is 0.293 e. The van der Waals surface area contributed by atoms with Gasteiger partial charge < -0.3 is 9.64 Å². The Labute approximate surface area is 176 Å². The highest BCUT2D eigenvalue weighted by Gasteiger charge is 2.35. The normalized spacial score (nSPS) is 19.0. The lowest BCUT2D eigenvalue weighted by molar-refractivity contribution is -0.123. The summed E-state index contributed by atoms with van der Waals surface area (Å²) >= 11 is 4.46. The number of halogens is 1. The van der Waals surface area contributed by atoms with Crippen molar-refractivity contribution >= 4 is 50.6 Å². The van der Waals surface area contributed by atoms with Crippen molar-refractivity contribution in [3.8, 4) is 0 Å². The number of imide groups is 1. The van der Waals surface area contributed by atoms with Gasteiger partial charge in [0.25, 0.3) is 11.1 Å². The molecule has 0 saturated carbocycles. The molecule has 0 aliphatic carbocycles. The van der Waals surface area contributed by atoms with E-state index in [0.29, 0.717) is 4.91 Å². The highest BCUT2D eigenvalue weighted by Crippen LogP contribution is 2.34. The number of anilines is 1. The first kappa shape index (κ1) is 19.2. The number of carbonyl (C=O) groups is 2. The zero-order chi connectivity index (χ0) is 19.5. The Kier molecular flexibility index (Phi) is 5.85. The Morgan fingerprint density at radius 1 is 1.04 bits per heavy atom. The second-order valence-electron chi connectivity index (χ2n) is 6.55. The molecule has 0 atom stereocenters. The van der Waals surface area contributed by atoms with Gasteiger partial charge in [0, 0.05) is 23.2 Å². The van der Waals surface area contributed by atoms with Gasteiger partial charge in [0.05, 0.1) is 24.7 Å². The van der Waals surface area contributed by atoms with Crippen LogP contribution in [0, 0.1) is 0 Å². The molecule has 2 amide bonds. The number of thioether (sulfide) groups is 1. The van der Waals surface area contributed by atoms with Crippen LogP contribution in [0.2, 0.25) is 0 Å². The van der Waals surface area contributed by atoms with Crippen LogP contribution in [-0.4, -0.2) is 42.3 Å². The average molecular weight is 459 g/mol. The Balaban J connectivity index is 1.48. The van der Waals surface area contributed by atoms with Crippen LogP contribution in [0.3, 0.4) is 0 Å². The van der Waals surface area contributed by atoms with Gasteiger partial charge in [0.2, 0.25) is 0 Å². The minimum Gasteiger partial charge on any atom is -0.378 e. The molecular formula is C21H19BrN2O3S. The lowest BCUT2D eigenvalue weighted by Gasteiger charge is -2.28. The Morgan fingerprint density at radius 2 is 1.75 bits per heavy atom. The monoisotopic (exact) mass is 458 g/mol. The summed E-state index contributed by atoms with van der Waals surface area (Å²) in [5, 5.41) is -0.239. The molecule has 0 radical (unpaired) electrons. The molecular weight excluding hydrogens is 440 g/mol. The van der Waals surface area contributed by atoms with Crippen LogP contribution >= 0.6 is 27.7 Å². The van der Waals surface area contributed by atoms with Crippen molar-refractivity contribution in [2.24, 2.45) is 0 Å². The summed E-state index contributed by atoms with van der Waals surface area (Å²) in [6.07, 6.45) is 1.79. The first-order valence-corrected chi connectivity index (χ1v) is 10.6. The van der Waals surface area contributed by atoms with Gasteiger partial charge in [-0.15, -0.1) is 0 Å². The highest BCUT2D eigenvalue weighted by atomic mass is 79.9. The minimum absolute atomic E-state index is 0.239. The number of nitrogens with zero attached hydrogens (tertiary/aromatic N) is 2. The zero-order valence-electron chi connectivity index (χ0n) is 15.1. The molecule has 2 aliphatic heterocycles. The average Bonchev–Trinajstić information content (AvgIpc) is 2.98. The van der Waals surface area contributed by atoms with Crippen molar-refractivity contribution in [3.05, 3.63) is 69.0 Å². The van der Waals surface area contributed by atoms with E-state index in [1.807, 2.05) is 48.5 Å². The van der Waals surface area contributed by atoms with Crippen LogP contribution in [-0.2, 0) is 16.1 Å². The van der Waals surface area contributed by atoms with E-state index in [-0.39, 0.29) is 17.7 Å². The SMILES string of the molecule is O=C1S/C(=C/c2ccc(N3CCOCC3)cc2)C(=O)N1Cc1ccccc1Br. The third-order valence-electron chi connectivity index (χ3n) is 4.73. The quantitative estimate of drug-likeness (QED) is 0.630. The Morgan fingerprint density at radius 3 is 2.46 bits per heavy atom. The van der Waals surface area contributed by atoms with Gasteiger partial charge >= 0.3 is 0 Å². The van der Waals surface area contributed by atoms with Gasteiger partial charge in [-0.3, -0.25) is 14.5 Å². The number of hydrogen-bond acceptors (Lipinski definition) is 5. The molecule has 144 valence electrons. The minimum atomic E-state index is -0.247. The number of amides is 2. The van der Waals surface area contributed by atoms with E-state index in [2.05, 4.69) is 20.8 Å². The summed E-state index contributed by atoms with van der Waals surface area (Å²) in [7, 11) is 0. The summed E-state index contributed by atoms with van der Waals surface area (Å²) in [6, 6.07) is 15.7. The lowest BCUT2D eigenvalue weighted by atomic mass is 10.1. The number of ether oxygens (including phenoxy) is 1. The first-order chi connectivity index (χ1) is 13.6. The van der Waals surface area contributed by atoms with Gasteiger partial charge in [-0.05, 0) is 47.2 Å². The van der Waals surface area contributed by atoms with E-state index < -0.39 is 0 Å². The molecule has 0 spiro atoms. The van der Waals surface area contributed by atoms with Crippen LogP contribution in [0.5, 0.6) is 0 Å². The summed E-state index contributed by atoms with van der Waals surface area (Å²) in [4.78, 5) is 29.1. The van der Waals surface area contributed by atoms with Crippen molar-refractivity contribution in [2.45, 2.75) is 6.54 Å². The summed E-state index contributed by atoms with van der Waals surface area (Å²) in [6.45, 7) is 3.51. The number of morpholine rings is 1. The number of carbonyl (C=O) groups excluding carboxylic acids is 2. The molecule has 2 fully saturated rings. The van der Waals surface area contributed by atoms with Crippen molar-refractivity contribution in [2.75, 3.05) is 31.2 Å².